The lowest BCUT2D eigenvalue weighted by Gasteiger charge is -2.17. The molecule has 2 unspecified atom stereocenters. The van der Waals surface area contributed by atoms with Gasteiger partial charge in [0.1, 0.15) is 6.10 Å². The number of nitro benzene ring substituents is 1. The Hall–Kier alpha value is -2.19. The zero-order chi connectivity index (χ0) is 13.9. The minimum Gasteiger partial charge on any atom is -0.399 e. The predicted octanol–water partition coefficient (Wildman–Crippen LogP) is -0.553. The number of aliphatic hydroxyl groups excluding tert-OH is 2. The fourth-order valence-corrected chi connectivity index (χ4v) is 1.50. The number of carbonyl (C=O) groups excluding carboxylic acids is 1. The van der Waals surface area contributed by atoms with Crippen LogP contribution in [0.2, 0.25) is 0 Å². The van der Waals surface area contributed by atoms with E-state index in [-0.39, 0.29) is 16.9 Å². The number of hydrogen-bond donors (Lipinski definition) is 4. The zero-order valence-corrected chi connectivity index (χ0v) is 9.31. The number of amides is 1. The number of anilines is 1. The Morgan fingerprint density at radius 3 is 2.56 bits per heavy atom. The van der Waals surface area contributed by atoms with E-state index in [0.29, 0.717) is 0 Å². The molecule has 1 amide bonds. The van der Waals surface area contributed by atoms with Crippen LogP contribution in [-0.4, -0.2) is 27.1 Å². The molecule has 0 spiro atoms. The lowest BCUT2D eigenvalue weighted by molar-refractivity contribution is -0.386. The molecule has 1 rings (SSSR count). The van der Waals surface area contributed by atoms with Gasteiger partial charge in [0.2, 0.25) is 5.91 Å². The van der Waals surface area contributed by atoms with Crippen molar-refractivity contribution in [3.05, 3.63) is 33.9 Å². The maximum atomic E-state index is 10.8. The Bertz CT molecular complexity index is 477. The van der Waals surface area contributed by atoms with Gasteiger partial charge in [-0.2, -0.15) is 0 Å². The second-order valence-corrected chi connectivity index (χ2v) is 3.76. The maximum absolute atomic E-state index is 10.8. The monoisotopic (exact) mass is 255 g/mol. The van der Waals surface area contributed by atoms with E-state index in [4.69, 9.17) is 11.5 Å². The van der Waals surface area contributed by atoms with Crippen molar-refractivity contribution in [2.45, 2.75) is 18.6 Å². The van der Waals surface area contributed by atoms with Gasteiger partial charge in [0.05, 0.1) is 23.0 Å². The van der Waals surface area contributed by atoms with E-state index in [1.165, 1.54) is 12.1 Å². The molecule has 0 saturated heterocycles. The highest BCUT2D eigenvalue weighted by Crippen LogP contribution is 2.29. The first-order valence-electron chi connectivity index (χ1n) is 5.01. The SMILES string of the molecule is NC(=O)CC(O)C(O)c1cc(N)ccc1[N+](=O)[O-]. The number of rotatable bonds is 5. The molecule has 1 aromatic carbocycles. The van der Waals surface area contributed by atoms with Gasteiger partial charge in [-0.1, -0.05) is 0 Å². The highest BCUT2D eigenvalue weighted by atomic mass is 16.6. The van der Waals surface area contributed by atoms with Crippen LogP contribution in [0, 0.1) is 10.1 Å². The van der Waals surface area contributed by atoms with Gasteiger partial charge in [0, 0.05) is 11.8 Å². The van der Waals surface area contributed by atoms with E-state index in [2.05, 4.69) is 0 Å². The number of nitrogens with zero attached hydrogens (tertiary/aromatic N) is 1. The van der Waals surface area contributed by atoms with Crippen LogP contribution < -0.4 is 11.5 Å². The van der Waals surface area contributed by atoms with E-state index in [9.17, 15) is 25.1 Å². The summed E-state index contributed by atoms with van der Waals surface area (Å²) < 4.78 is 0. The van der Waals surface area contributed by atoms with E-state index in [1.807, 2.05) is 0 Å². The van der Waals surface area contributed by atoms with Gasteiger partial charge in [-0.05, 0) is 12.1 Å². The number of benzene rings is 1. The lowest BCUT2D eigenvalue weighted by Crippen LogP contribution is -2.26. The summed E-state index contributed by atoms with van der Waals surface area (Å²) >= 11 is 0. The standard InChI is InChI=1S/C10H13N3O5/c11-5-1-2-7(13(17)18)6(3-5)10(16)8(14)4-9(12)15/h1-3,8,10,14,16H,4,11H2,(H2,12,15). The van der Waals surface area contributed by atoms with Gasteiger partial charge in [-0.15, -0.1) is 0 Å². The normalized spacial score (nSPS) is 13.9. The van der Waals surface area contributed by atoms with Crippen LogP contribution in [0.25, 0.3) is 0 Å². The zero-order valence-electron chi connectivity index (χ0n) is 9.31. The summed E-state index contributed by atoms with van der Waals surface area (Å²) in [5.41, 5.74) is 9.98. The number of nitrogen functional groups attached to an aromatic ring is 1. The molecular formula is C10H13N3O5. The molecule has 0 aromatic heterocycles. The molecule has 98 valence electrons. The average Bonchev–Trinajstić information content (AvgIpc) is 2.26. The third kappa shape index (κ3) is 3.15. The molecular weight excluding hydrogens is 242 g/mol. The molecule has 0 aliphatic heterocycles. The molecule has 1 aromatic rings. The summed E-state index contributed by atoms with van der Waals surface area (Å²) in [5, 5.41) is 30.1. The number of primary amides is 1. The van der Waals surface area contributed by atoms with Crippen molar-refractivity contribution in [2.24, 2.45) is 5.73 Å². The summed E-state index contributed by atoms with van der Waals surface area (Å²) in [7, 11) is 0. The fourth-order valence-electron chi connectivity index (χ4n) is 1.50. The van der Waals surface area contributed by atoms with Crippen molar-refractivity contribution in [3.8, 4) is 0 Å². The smallest absolute Gasteiger partial charge is 0.275 e. The largest absolute Gasteiger partial charge is 0.399 e. The number of nitro groups is 1. The fraction of sp³-hybridized carbons (Fsp3) is 0.300. The van der Waals surface area contributed by atoms with Crippen LogP contribution in [0.4, 0.5) is 11.4 Å². The third-order valence-corrected chi connectivity index (χ3v) is 2.34. The Balaban J connectivity index is 3.10. The maximum Gasteiger partial charge on any atom is 0.275 e. The highest BCUT2D eigenvalue weighted by molar-refractivity contribution is 5.74. The Labute approximate surface area is 102 Å². The lowest BCUT2D eigenvalue weighted by atomic mass is 9.99. The summed E-state index contributed by atoms with van der Waals surface area (Å²) in [4.78, 5) is 20.7. The first kappa shape index (κ1) is 13.9. The molecule has 8 heteroatoms. The van der Waals surface area contributed by atoms with Crippen LogP contribution in [0.15, 0.2) is 18.2 Å². The summed E-state index contributed by atoms with van der Waals surface area (Å²) in [5.74, 6) is -0.826. The van der Waals surface area contributed by atoms with E-state index in [1.54, 1.807) is 0 Å². The molecule has 2 atom stereocenters. The third-order valence-electron chi connectivity index (χ3n) is 2.34. The van der Waals surface area contributed by atoms with Crippen molar-refractivity contribution in [2.75, 3.05) is 5.73 Å². The second-order valence-electron chi connectivity index (χ2n) is 3.76. The first-order valence-corrected chi connectivity index (χ1v) is 5.01. The van der Waals surface area contributed by atoms with Gasteiger partial charge >= 0.3 is 0 Å². The number of aliphatic hydroxyl groups is 2. The van der Waals surface area contributed by atoms with Crippen molar-refractivity contribution in [1.29, 1.82) is 0 Å². The van der Waals surface area contributed by atoms with E-state index in [0.717, 1.165) is 6.07 Å². The molecule has 0 fully saturated rings. The van der Waals surface area contributed by atoms with Crippen molar-refractivity contribution in [3.63, 3.8) is 0 Å². The van der Waals surface area contributed by atoms with Crippen LogP contribution in [-0.2, 0) is 4.79 Å². The molecule has 6 N–H and O–H groups in total. The van der Waals surface area contributed by atoms with Crippen molar-refractivity contribution in [1.82, 2.24) is 0 Å². The quantitative estimate of drug-likeness (QED) is 0.314. The van der Waals surface area contributed by atoms with Gasteiger partial charge < -0.3 is 21.7 Å². The van der Waals surface area contributed by atoms with Crippen molar-refractivity contribution >= 4 is 17.3 Å². The molecule has 0 radical (unpaired) electrons. The number of carbonyl (C=O) groups is 1. The van der Waals surface area contributed by atoms with Crippen LogP contribution in [0.3, 0.4) is 0 Å². The van der Waals surface area contributed by atoms with E-state index < -0.39 is 29.5 Å². The highest BCUT2D eigenvalue weighted by Gasteiger charge is 2.27. The minimum absolute atomic E-state index is 0.159. The Morgan fingerprint density at radius 1 is 1.44 bits per heavy atom. The number of nitrogens with two attached hydrogens (primary N) is 2. The summed E-state index contributed by atoms with van der Waals surface area (Å²) in [6.45, 7) is 0. The number of hydrogen-bond acceptors (Lipinski definition) is 6. The molecule has 0 bridgehead atoms. The predicted molar refractivity (Wildman–Crippen MR) is 62.3 cm³/mol. The van der Waals surface area contributed by atoms with Gasteiger partial charge in [-0.3, -0.25) is 14.9 Å². The minimum atomic E-state index is -1.61. The van der Waals surface area contributed by atoms with Crippen LogP contribution in [0.5, 0.6) is 0 Å². The Kier molecular flexibility index (Phi) is 4.18. The summed E-state index contributed by atoms with van der Waals surface area (Å²) in [6, 6.07) is 3.59. The van der Waals surface area contributed by atoms with Crippen molar-refractivity contribution < 1.29 is 19.9 Å². The van der Waals surface area contributed by atoms with Crippen LogP contribution >= 0.6 is 0 Å². The molecule has 0 aliphatic carbocycles. The van der Waals surface area contributed by atoms with Crippen LogP contribution in [0.1, 0.15) is 18.1 Å². The first-order chi connectivity index (χ1) is 8.32. The van der Waals surface area contributed by atoms with Gasteiger partial charge in [-0.25, -0.2) is 0 Å². The van der Waals surface area contributed by atoms with E-state index >= 15 is 0 Å². The molecule has 18 heavy (non-hydrogen) atoms. The second kappa shape index (κ2) is 5.43. The van der Waals surface area contributed by atoms with Gasteiger partial charge in [0.25, 0.3) is 5.69 Å². The summed E-state index contributed by atoms with van der Waals surface area (Å²) in [6.07, 6.45) is -3.64. The molecule has 0 heterocycles. The Morgan fingerprint density at radius 2 is 2.06 bits per heavy atom. The molecule has 8 nitrogen and oxygen atoms in total. The molecule has 0 saturated carbocycles. The molecule has 0 aliphatic rings. The van der Waals surface area contributed by atoms with Gasteiger partial charge in [0.15, 0.2) is 0 Å². The average molecular weight is 255 g/mol. The topological polar surface area (TPSA) is 153 Å².